The number of nitrogens with one attached hydrogen (secondary N) is 2. The summed E-state index contributed by atoms with van der Waals surface area (Å²) in [6.45, 7) is 2.56. The van der Waals surface area contributed by atoms with Crippen molar-refractivity contribution in [2.24, 2.45) is 17.1 Å². The summed E-state index contributed by atoms with van der Waals surface area (Å²) in [6.07, 6.45) is 8.81. The van der Waals surface area contributed by atoms with Gasteiger partial charge >= 0.3 is 0 Å². The molecule has 0 bridgehead atoms. The second kappa shape index (κ2) is 8.67. The molecule has 1 aromatic rings. The number of carbonyl (C=O) groups is 2. The van der Waals surface area contributed by atoms with Gasteiger partial charge in [0.15, 0.2) is 0 Å². The predicted molar refractivity (Wildman–Crippen MR) is 103 cm³/mol. The molecular formula is C21H31N3O2. The largest absolute Gasteiger partial charge is 0.366 e. The summed E-state index contributed by atoms with van der Waals surface area (Å²) in [6, 6.07) is 7.37. The average Bonchev–Trinajstić information content (AvgIpc) is 2.68. The van der Waals surface area contributed by atoms with Gasteiger partial charge in [-0.25, -0.2) is 0 Å². The van der Waals surface area contributed by atoms with Crippen LogP contribution in [0.2, 0.25) is 0 Å². The minimum Gasteiger partial charge on any atom is -0.366 e. The quantitative estimate of drug-likeness (QED) is 0.731. The number of hydrogen-bond donors (Lipinski definition) is 3. The molecule has 26 heavy (non-hydrogen) atoms. The van der Waals surface area contributed by atoms with Crippen molar-refractivity contribution in [3.8, 4) is 0 Å². The number of amides is 2. The van der Waals surface area contributed by atoms with Crippen molar-refractivity contribution in [1.29, 1.82) is 0 Å². The summed E-state index contributed by atoms with van der Waals surface area (Å²) < 4.78 is 0. The number of hydrogen-bond acceptors (Lipinski definition) is 3. The Hall–Kier alpha value is -1.88. The molecule has 0 atom stereocenters. The predicted octanol–water partition coefficient (Wildman–Crippen LogP) is 2.39. The molecule has 5 nitrogen and oxygen atoms in total. The van der Waals surface area contributed by atoms with Crippen molar-refractivity contribution in [2.75, 3.05) is 19.6 Å². The lowest BCUT2D eigenvalue weighted by atomic mass is 9.73. The number of piperidine rings is 1. The van der Waals surface area contributed by atoms with Gasteiger partial charge in [-0.1, -0.05) is 31.4 Å². The summed E-state index contributed by atoms with van der Waals surface area (Å²) in [5, 5.41) is 6.64. The fourth-order valence-electron chi connectivity index (χ4n) is 4.38. The van der Waals surface area contributed by atoms with Gasteiger partial charge in [-0.15, -0.1) is 0 Å². The monoisotopic (exact) mass is 357 g/mol. The Kier molecular flexibility index (Phi) is 6.30. The van der Waals surface area contributed by atoms with Gasteiger partial charge in [0.1, 0.15) is 0 Å². The molecular weight excluding hydrogens is 326 g/mol. The van der Waals surface area contributed by atoms with E-state index >= 15 is 0 Å². The van der Waals surface area contributed by atoms with Crippen LogP contribution in [-0.2, 0) is 11.2 Å². The average molecular weight is 357 g/mol. The van der Waals surface area contributed by atoms with Gasteiger partial charge in [-0.05, 0) is 68.8 Å². The summed E-state index contributed by atoms with van der Waals surface area (Å²) >= 11 is 0. The first kappa shape index (κ1) is 18.9. The molecule has 0 radical (unpaired) electrons. The topological polar surface area (TPSA) is 84.2 Å². The Morgan fingerprint density at radius 3 is 2.35 bits per heavy atom. The molecule has 5 heteroatoms. The molecule has 1 aromatic carbocycles. The van der Waals surface area contributed by atoms with Crippen LogP contribution < -0.4 is 16.4 Å². The highest BCUT2D eigenvalue weighted by Crippen LogP contribution is 2.34. The summed E-state index contributed by atoms with van der Waals surface area (Å²) in [4.78, 5) is 24.4. The van der Waals surface area contributed by atoms with Crippen LogP contribution in [0.25, 0.3) is 0 Å². The molecule has 2 aliphatic rings. The van der Waals surface area contributed by atoms with Crippen molar-refractivity contribution in [3.63, 3.8) is 0 Å². The van der Waals surface area contributed by atoms with Crippen molar-refractivity contribution < 1.29 is 9.59 Å². The molecule has 1 aliphatic carbocycles. The third-order valence-corrected chi connectivity index (χ3v) is 6.10. The molecule has 1 saturated heterocycles. The van der Waals surface area contributed by atoms with Crippen LogP contribution in [0, 0.1) is 11.3 Å². The van der Waals surface area contributed by atoms with Crippen molar-refractivity contribution >= 4 is 11.8 Å². The summed E-state index contributed by atoms with van der Waals surface area (Å²) in [5.74, 6) is 0.420. The minimum absolute atomic E-state index is 0.198. The van der Waals surface area contributed by atoms with Crippen LogP contribution in [-0.4, -0.2) is 31.4 Å². The molecule has 1 saturated carbocycles. The molecule has 2 amide bonds. The first-order valence-corrected chi connectivity index (χ1v) is 9.97. The van der Waals surface area contributed by atoms with E-state index in [9.17, 15) is 9.59 Å². The zero-order valence-corrected chi connectivity index (χ0v) is 15.6. The number of benzene rings is 1. The summed E-state index contributed by atoms with van der Waals surface area (Å²) in [7, 11) is 0. The van der Waals surface area contributed by atoms with Crippen molar-refractivity contribution in [3.05, 3.63) is 35.4 Å². The van der Waals surface area contributed by atoms with Crippen LogP contribution in [0.3, 0.4) is 0 Å². The van der Waals surface area contributed by atoms with Gasteiger partial charge in [0.05, 0.1) is 5.41 Å². The second-order valence-corrected chi connectivity index (χ2v) is 7.98. The third-order valence-electron chi connectivity index (χ3n) is 6.10. The number of nitrogens with two attached hydrogens (primary N) is 1. The van der Waals surface area contributed by atoms with Crippen LogP contribution >= 0.6 is 0 Å². The van der Waals surface area contributed by atoms with Gasteiger partial charge < -0.3 is 16.4 Å². The molecule has 0 spiro atoms. The van der Waals surface area contributed by atoms with Gasteiger partial charge in [0.25, 0.3) is 0 Å². The Labute approximate surface area is 156 Å². The zero-order valence-electron chi connectivity index (χ0n) is 15.6. The van der Waals surface area contributed by atoms with E-state index in [4.69, 9.17) is 5.73 Å². The van der Waals surface area contributed by atoms with Crippen LogP contribution in [0.5, 0.6) is 0 Å². The third kappa shape index (κ3) is 4.64. The lowest BCUT2D eigenvalue weighted by Crippen LogP contribution is -2.49. The Bertz CT molecular complexity index is 615. The van der Waals surface area contributed by atoms with Crippen molar-refractivity contribution in [1.82, 2.24) is 10.6 Å². The molecule has 4 N–H and O–H groups in total. The Morgan fingerprint density at radius 2 is 1.73 bits per heavy atom. The highest BCUT2D eigenvalue weighted by molar-refractivity contribution is 5.92. The van der Waals surface area contributed by atoms with E-state index in [0.717, 1.165) is 38.0 Å². The standard InChI is InChI=1S/C21H31N3O2/c22-19(25)18-8-6-16(7-9-18)14-21(10-12-23-13-11-21)20(26)24-15-17-4-2-1-3-5-17/h6-9,17,23H,1-5,10-15H2,(H2,22,25)(H,24,26). The van der Waals surface area contributed by atoms with Gasteiger partial charge in [0, 0.05) is 12.1 Å². The van der Waals surface area contributed by atoms with Crippen LogP contribution in [0.4, 0.5) is 0 Å². The van der Waals surface area contributed by atoms with E-state index in [2.05, 4.69) is 10.6 Å². The maximum Gasteiger partial charge on any atom is 0.248 e. The number of carbonyl (C=O) groups excluding carboxylic acids is 2. The van der Waals surface area contributed by atoms with E-state index in [1.807, 2.05) is 12.1 Å². The fourth-order valence-corrected chi connectivity index (χ4v) is 4.38. The number of primary amides is 1. The van der Waals surface area contributed by atoms with Gasteiger partial charge in [-0.3, -0.25) is 9.59 Å². The van der Waals surface area contributed by atoms with Gasteiger partial charge in [0.2, 0.25) is 11.8 Å². The smallest absolute Gasteiger partial charge is 0.248 e. The maximum atomic E-state index is 13.1. The maximum absolute atomic E-state index is 13.1. The molecule has 1 heterocycles. The highest BCUT2D eigenvalue weighted by atomic mass is 16.2. The lowest BCUT2D eigenvalue weighted by molar-refractivity contribution is -0.132. The Balaban J connectivity index is 1.66. The van der Waals surface area contributed by atoms with Crippen LogP contribution in [0.15, 0.2) is 24.3 Å². The fraction of sp³-hybridized carbons (Fsp3) is 0.619. The SMILES string of the molecule is NC(=O)c1ccc(CC2(C(=O)NCC3CCCCC3)CCNCC2)cc1. The van der Waals surface area contributed by atoms with E-state index in [0.29, 0.717) is 17.9 Å². The lowest BCUT2D eigenvalue weighted by Gasteiger charge is -2.37. The second-order valence-electron chi connectivity index (χ2n) is 7.98. The molecule has 3 rings (SSSR count). The van der Waals surface area contributed by atoms with Gasteiger partial charge in [-0.2, -0.15) is 0 Å². The Morgan fingerprint density at radius 1 is 1.08 bits per heavy atom. The molecule has 142 valence electrons. The first-order chi connectivity index (χ1) is 12.6. The first-order valence-electron chi connectivity index (χ1n) is 9.97. The zero-order chi connectivity index (χ0) is 18.4. The highest BCUT2D eigenvalue weighted by Gasteiger charge is 2.39. The molecule has 0 unspecified atom stereocenters. The normalized spacial score (nSPS) is 20.5. The summed E-state index contributed by atoms with van der Waals surface area (Å²) in [5.41, 5.74) is 6.57. The van der Waals surface area contributed by atoms with Crippen LogP contribution in [0.1, 0.15) is 60.9 Å². The van der Waals surface area contributed by atoms with E-state index in [-0.39, 0.29) is 11.3 Å². The minimum atomic E-state index is -0.418. The molecule has 2 fully saturated rings. The van der Waals surface area contributed by atoms with E-state index < -0.39 is 5.91 Å². The molecule has 0 aromatic heterocycles. The molecule has 1 aliphatic heterocycles. The van der Waals surface area contributed by atoms with E-state index in [1.165, 1.54) is 32.1 Å². The van der Waals surface area contributed by atoms with E-state index in [1.54, 1.807) is 12.1 Å². The number of rotatable bonds is 6. The van der Waals surface area contributed by atoms with Crippen molar-refractivity contribution in [2.45, 2.75) is 51.4 Å².